The minimum Gasteiger partial charge on any atom is -0.481 e. The van der Waals surface area contributed by atoms with Gasteiger partial charge in [0, 0.05) is 11.6 Å². The molecule has 0 saturated heterocycles. The molecule has 132 valence electrons. The number of carbonyl (C=O) groups is 2. The summed E-state index contributed by atoms with van der Waals surface area (Å²) in [4.78, 5) is 23.4. The quantitative estimate of drug-likeness (QED) is 0.745. The Morgan fingerprint density at radius 2 is 1.71 bits per heavy atom. The summed E-state index contributed by atoms with van der Waals surface area (Å²) >= 11 is 0. The van der Waals surface area contributed by atoms with Gasteiger partial charge in [-0.05, 0) is 57.4 Å². The molecule has 1 saturated carbocycles. The molecular formula is C16H22N2O5S. The molecule has 1 aromatic carbocycles. The zero-order chi connectivity index (χ0) is 17.9. The molecule has 1 fully saturated rings. The highest BCUT2D eigenvalue weighted by Gasteiger charge is 2.29. The van der Waals surface area contributed by atoms with Gasteiger partial charge in [-0.2, -0.15) is 0 Å². The van der Waals surface area contributed by atoms with Crippen molar-refractivity contribution in [2.45, 2.75) is 37.5 Å². The molecule has 24 heavy (non-hydrogen) atoms. The summed E-state index contributed by atoms with van der Waals surface area (Å²) in [5.41, 5.74) is 1.00. The first-order valence-electron chi connectivity index (χ1n) is 7.82. The number of aryl methyl sites for hydroxylation is 1. The second-order valence-corrected chi connectivity index (χ2v) is 7.92. The fourth-order valence-corrected chi connectivity index (χ4v) is 3.92. The molecule has 0 spiro atoms. The first kappa shape index (κ1) is 18.4. The predicted octanol–water partition coefficient (Wildman–Crippen LogP) is 1.73. The molecule has 2 rings (SSSR count). The van der Waals surface area contributed by atoms with Gasteiger partial charge in [0.15, 0.2) is 0 Å². The third-order valence-corrected chi connectivity index (χ3v) is 6.02. The van der Waals surface area contributed by atoms with Gasteiger partial charge in [0.05, 0.1) is 10.8 Å². The van der Waals surface area contributed by atoms with Gasteiger partial charge in [-0.3, -0.25) is 9.59 Å². The average molecular weight is 354 g/mol. The number of hydrogen-bond acceptors (Lipinski definition) is 4. The molecule has 0 radical (unpaired) electrons. The molecule has 1 aliphatic rings. The highest BCUT2D eigenvalue weighted by atomic mass is 32.2. The van der Waals surface area contributed by atoms with Crippen molar-refractivity contribution in [2.24, 2.45) is 11.8 Å². The average Bonchev–Trinajstić information content (AvgIpc) is 2.56. The predicted molar refractivity (Wildman–Crippen MR) is 89.1 cm³/mol. The molecule has 0 aliphatic heterocycles. The number of aliphatic carboxylic acids is 1. The van der Waals surface area contributed by atoms with Gasteiger partial charge in [-0.25, -0.2) is 13.1 Å². The molecule has 0 aromatic heterocycles. The van der Waals surface area contributed by atoms with E-state index in [4.69, 9.17) is 5.11 Å². The number of carboxylic acid groups (broad SMARTS) is 1. The minimum absolute atomic E-state index is 0.123. The van der Waals surface area contributed by atoms with Gasteiger partial charge in [-0.1, -0.05) is 6.07 Å². The van der Waals surface area contributed by atoms with Gasteiger partial charge in [0.25, 0.3) is 0 Å². The molecule has 0 bridgehead atoms. The Kier molecular flexibility index (Phi) is 5.61. The van der Waals surface area contributed by atoms with Crippen LogP contribution in [0, 0.1) is 18.8 Å². The van der Waals surface area contributed by atoms with Crippen molar-refractivity contribution in [2.75, 3.05) is 12.4 Å². The molecule has 1 aromatic rings. The number of hydrogen-bond donors (Lipinski definition) is 3. The molecule has 1 amide bonds. The molecule has 8 heteroatoms. The van der Waals surface area contributed by atoms with Crippen molar-refractivity contribution in [3.8, 4) is 0 Å². The molecular weight excluding hydrogens is 332 g/mol. The van der Waals surface area contributed by atoms with E-state index < -0.39 is 16.0 Å². The topological polar surface area (TPSA) is 113 Å². The van der Waals surface area contributed by atoms with Crippen LogP contribution in [0.25, 0.3) is 0 Å². The molecule has 0 unspecified atom stereocenters. The highest BCUT2D eigenvalue weighted by molar-refractivity contribution is 7.89. The van der Waals surface area contributed by atoms with Crippen LogP contribution >= 0.6 is 0 Å². The third-order valence-electron chi connectivity index (χ3n) is 4.46. The van der Waals surface area contributed by atoms with Crippen molar-refractivity contribution in [3.05, 3.63) is 23.8 Å². The summed E-state index contributed by atoms with van der Waals surface area (Å²) in [6.45, 7) is 1.68. The number of anilines is 1. The van der Waals surface area contributed by atoms with Crippen LogP contribution in [0.4, 0.5) is 5.69 Å². The lowest BCUT2D eigenvalue weighted by Gasteiger charge is -2.25. The van der Waals surface area contributed by atoms with Crippen molar-refractivity contribution in [1.29, 1.82) is 0 Å². The molecule has 0 heterocycles. The standard InChI is InChI=1S/C16H22N2O5S/c1-10-3-8-13(9-14(10)24(22,23)17-2)18-15(19)11-4-6-12(7-5-11)16(20)21/h3,8-9,11-12,17H,4-7H2,1-2H3,(H,18,19)(H,20,21). The first-order valence-corrected chi connectivity index (χ1v) is 9.30. The van der Waals surface area contributed by atoms with Crippen LogP contribution in [0.5, 0.6) is 0 Å². The molecule has 3 N–H and O–H groups in total. The smallest absolute Gasteiger partial charge is 0.306 e. The monoisotopic (exact) mass is 354 g/mol. The summed E-state index contributed by atoms with van der Waals surface area (Å²) in [6.07, 6.45) is 2.02. The van der Waals surface area contributed by atoms with Gasteiger partial charge < -0.3 is 10.4 Å². The second-order valence-electron chi connectivity index (χ2n) is 6.06. The Hall–Kier alpha value is -1.93. The summed E-state index contributed by atoms with van der Waals surface area (Å²) in [6, 6.07) is 4.73. The number of nitrogens with one attached hydrogen (secondary N) is 2. The van der Waals surface area contributed by atoms with Crippen molar-refractivity contribution in [1.82, 2.24) is 4.72 Å². The zero-order valence-corrected chi connectivity index (χ0v) is 14.5. The SMILES string of the molecule is CNS(=O)(=O)c1cc(NC(=O)C2CCC(C(=O)O)CC2)ccc1C. The molecule has 7 nitrogen and oxygen atoms in total. The van der Waals surface area contributed by atoms with E-state index in [-0.39, 0.29) is 22.6 Å². The van der Waals surface area contributed by atoms with Crippen LogP contribution in [0.15, 0.2) is 23.1 Å². The Morgan fingerprint density at radius 1 is 1.12 bits per heavy atom. The number of benzene rings is 1. The van der Waals surface area contributed by atoms with E-state index in [1.807, 2.05) is 0 Å². The fraction of sp³-hybridized carbons (Fsp3) is 0.500. The number of amides is 1. The van der Waals surface area contributed by atoms with E-state index in [9.17, 15) is 18.0 Å². The van der Waals surface area contributed by atoms with Gasteiger partial charge in [0.1, 0.15) is 0 Å². The Labute approximate surface area is 141 Å². The van der Waals surface area contributed by atoms with Crippen LogP contribution in [-0.2, 0) is 19.6 Å². The Balaban J connectivity index is 2.08. The van der Waals surface area contributed by atoms with E-state index in [0.29, 0.717) is 36.9 Å². The zero-order valence-electron chi connectivity index (χ0n) is 13.7. The largest absolute Gasteiger partial charge is 0.481 e. The Morgan fingerprint density at radius 3 is 2.25 bits per heavy atom. The maximum absolute atomic E-state index is 12.3. The fourth-order valence-electron chi connectivity index (χ4n) is 2.92. The number of carboxylic acids is 1. The third kappa shape index (κ3) is 4.12. The minimum atomic E-state index is -3.60. The van der Waals surface area contributed by atoms with Gasteiger partial charge >= 0.3 is 5.97 Å². The Bertz CT molecular complexity index is 737. The van der Waals surface area contributed by atoms with E-state index in [1.165, 1.54) is 13.1 Å². The van der Waals surface area contributed by atoms with Crippen molar-refractivity contribution >= 4 is 27.6 Å². The number of sulfonamides is 1. The van der Waals surface area contributed by atoms with Crippen LogP contribution in [0.3, 0.4) is 0 Å². The van der Waals surface area contributed by atoms with Crippen LogP contribution in [0.1, 0.15) is 31.2 Å². The van der Waals surface area contributed by atoms with Crippen molar-refractivity contribution < 1.29 is 23.1 Å². The summed E-state index contributed by atoms with van der Waals surface area (Å²) in [5.74, 6) is -1.63. The van der Waals surface area contributed by atoms with E-state index in [2.05, 4.69) is 10.0 Å². The lowest BCUT2D eigenvalue weighted by atomic mass is 9.81. The van der Waals surface area contributed by atoms with Crippen LogP contribution < -0.4 is 10.0 Å². The summed E-state index contributed by atoms with van der Waals surface area (Å²) < 4.78 is 26.2. The molecule has 0 atom stereocenters. The van der Waals surface area contributed by atoms with E-state index in [0.717, 1.165) is 0 Å². The van der Waals surface area contributed by atoms with Crippen LogP contribution in [-0.4, -0.2) is 32.4 Å². The summed E-state index contributed by atoms with van der Waals surface area (Å²) in [7, 11) is -2.26. The van der Waals surface area contributed by atoms with Gasteiger partial charge in [0.2, 0.25) is 15.9 Å². The van der Waals surface area contributed by atoms with Gasteiger partial charge in [-0.15, -0.1) is 0 Å². The maximum atomic E-state index is 12.3. The maximum Gasteiger partial charge on any atom is 0.306 e. The second kappa shape index (κ2) is 7.31. The lowest BCUT2D eigenvalue weighted by Crippen LogP contribution is -2.29. The van der Waals surface area contributed by atoms with E-state index >= 15 is 0 Å². The molecule has 1 aliphatic carbocycles. The van der Waals surface area contributed by atoms with Crippen LogP contribution in [0.2, 0.25) is 0 Å². The number of rotatable bonds is 5. The number of carbonyl (C=O) groups excluding carboxylic acids is 1. The van der Waals surface area contributed by atoms with Crippen molar-refractivity contribution in [3.63, 3.8) is 0 Å². The lowest BCUT2D eigenvalue weighted by molar-refractivity contribution is -0.143. The summed E-state index contributed by atoms with van der Waals surface area (Å²) in [5, 5.41) is 11.7. The van der Waals surface area contributed by atoms with E-state index in [1.54, 1.807) is 19.1 Å². The first-order chi connectivity index (χ1) is 11.2. The normalized spacial score (nSPS) is 21.2. The highest BCUT2D eigenvalue weighted by Crippen LogP contribution is 2.30.